The van der Waals surface area contributed by atoms with Crippen molar-refractivity contribution in [1.82, 2.24) is 15.1 Å². The second kappa shape index (κ2) is 5.89. The van der Waals surface area contributed by atoms with E-state index in [2.05, 4.69) is 22.0 Å². The van der Waals surface area contributed by atoms with E-state index in [1.165, 1.54) is 71.4 Å². The first kappa shape index (κ1) is 12.9. The summed E-state index contributed by atoms with van der Waals surface area (Å²) >= 11 is 0. The summed E-state index contributed by atoms with van der Waals surface area (Å²) in [5, 5.41) is 3.72. The Morgan fingerprint density at radius 3 is 2.89 bits per heavy atom. The van der Waals surface area contributed by atoms with E-state index in [1.54, 1.807) is 0 Å². The Morgan fingerprint density at radius 2 is 2.00 bits per heavy atom. The van der Waals surface area contributed by atoms with Gasteiger partial charge in [-0.1, -0.05) is 6.92 Å². The first-order chi connectivity index (χ1) is 8.81. The quantitative estimate of drug-likeness (QED) is 0.803. The summed E-state index contributed by atoms with van der Waals surface area (Å²) in [5.41, 5.74) is 0. The number of fused-ring (bicyclic) bond motifs is 1. The maximum Gasteiger partial charge on any atom is 0.0223 e. The molecule has 0 saturated carbocycles. The minimum absolute atomic E-state index is 0.752. The van der Waals surface area contributed by atoms with Crippen LogP contribution < -0.4 is 5.32 Å². The van der Waals surface area contributed by atoms with Gasteiger partial charge in [-0.2, -0.15) is 0 Å². The van der Waals surface area contributed by atoms with Crippen molar-refractivity contribution in [2.75, 3.05) is 39.3 Å². The van der Waals surface area contributed by atoms with Crippen molar-refractivity contribution in [3.05, 3.63) is 0 Å². The molecule has 0 bridgehead atoms. The molecule has 0 aliphatic carbocycles. The van der Waals surface area contributed by atoms with Gasteiger partial charge in [0, 0.05) is 25.2 Å². The Labute approximate surface area is 112 Å². The monoisotopic (exact) mass is 251 g/mol. The highest BCUT2D eigenvalue weighted by Gasteiger charge is 2.30. The van der Waals surface area contributed by atoms with Crippen LogP contribution in [0.1, 0.15) is 39.0 Å². The molecule has 3 heteroatoms. The predicted octanol–water partition coefficient (Wildman–Crippen LogP) is 1.54. The van der Waals surface area contributed by atoms with Crippen LogP contribution in [0.5, 0.6) is 0 Å². The third-order valence-corrected chi connectivity index (χ3v) is 5.12. The van der Waals surface area contributed by atoms with E-state index < -0.39 is 0 Å². The van der Waals surface area contributed by atoms with E-state index in [4.69, 9.17) is 0 Å². The summed E-state index contributed by atoms with van der Waals surface area (Å²) in [6.07, 6.45) is 6.98. The lowest BCUT2D eigenvalue weighted by molar-refractivity contribution is 0.185. The van der Waals surface area contributed by atoms with Crippen molar-refractivity contribution in [3.63, 3.8) is 0 Å². The Morgan fingerprint density at radius 1 is 1.11 bits per heavy atom. The number of hydrogen-bond acceptors (Lipinski definition) is 3. The van der Waals surface area contributed by atoms with E-state index in [0.717, 1.165) is 18.0 Å². The lowest BCUT2D eigenvalue weighted by Crippen LogP contribution is -2.47. The van der Waals surface area contributed by atoms with Gasteiger partial charge in [-0.15, -0.1) is 0 Å². The van der Waals surface area contributed by atoms with Crippen LogP contribution in [0.15, 0.2) is 0 Å². The van der Waals surface area contributed by atoms with Gasteiger partial charge in [0.05, 0.1) is 0 Å². The highest BCUT2D eigenvalue weighted by molar-refractivity contribution is 4.87. The molecule has 3 aliphatic rings. The molecule has 3 saturated heterocycles. The molecule has 0 aromatic heterocycles. The standard InChI is InChI=1S/C15H29N3/c1-13-5-6-16-14(10-13)11-17-7-3-9-18-8-2-4-15(18)12-17/h13-16H,2-12H2,1H3. The molecule has 0 radical (unpaired) electrons. The molecule has 3 rings (SSSR count). The van der Waals surface area contributed by atoms with Gasteiger partial charge < -0.3 is 10.2 Å². The molecule has 104 valence electrons. The molecule has 0 aromatic rings. The van der Waals surface area contributed by atoms with Crippen molar-refractivity contribution in [3.8, 4) is 0 Å². The van der Waals surface area contributed by atoms with Gasteiger partial charge in [-0.05, 0) is 64.2 Å². The molecular weight excluding hydrogens is 222 g/mol. The van der Waals surface area contributed by atoms with Crippen LogP contribution in [0, 0.1) is 5.92 Å². The van der Waals surface area contributed by atoms with E-state index in [9.17, 15) is 0 Å². The molecule has 3 aliphatic heterocycles. The number of rotatable bonds is 2. The van der Waals surface area contributed by atoms with Crippen LogP contribution in [-0.4, -0.2) is 61.2 Å². The molecule has 3 unspecified atom stereocenters. The summed E-state index contributed by atoms with van der Waals surface area (Å²) in [6, 6.07) is 1.62. The molecular formula is C15H29N3. The summed E-state index contributed by atoms with van der Waals surface area (Å²) in [7, 11) is 0. The number of nitrogens with one attached hydrogen (secondary N) is 1. The first-order valence-electron chi connectivity index (χ1n) is 8.01. The number of piperidine rings is 1. The van der Waals surface area contributed by atoms with Gasteiger partial charge in [-0.3, -0.25) is 4.90 Å². The van der Waals surface area contributed by atoms with Crippen molar-refractivity contribution >= 4 is 0 Å². The topological polar surface area (TPSA) is 18.5 Å². The van der Waals surface area contributed by atoms with Crippen molar-refractivity contribution in [2.24, 2.45) is 5.92 Å². The lowest BCUT2D eigenvalue weighted by atomic mass is 9.94. The molecule has 3 nitrogen and oxygen atoms in total. The first-order valence-corrected chi connectivity index (χ1v) is 8.01. The maximum atomic E-state index is 3.72. The average Bonchev–Trinajstić information content (AvgIpc) is 2.69. The van der Waals surface area contributed by atoms with Crippen molar-refractivity contribution in [2.45, 2.75) is 51.1 Å². The number of nitrogens with zero attached hydrogens (tertiary/aromatic N) is 2. The Kier molecular flexibility index (Phi) is 4.22. The van der Waals surface area contributed by atoms with Crippen LogP contribution in [-0.2, 0) is 0 Å². The van der Waals surface area contributed by atoms with Gasteiger partial charge in [0.2, 0.25) is 0 Å². The Bertz CT molecular complexity index is 268. The van der Waals surface area contributed by atoms with Crippen molar-refractivity contribution in [1.29, 1.82) is 0 Å². The fraction of sp³-hybridized carbons (Fsp3) is 1.00. The molecule has 0 aromatic carbocycles. The molecule has 0 spiro atoms. The Balaban J connectivity index is 1.52. The summed E-state index contributed by atoms with van der Waals surface area (Å²) < 4.78 is 0. The van der Waals surface area contributed by atoms with Gasteiger partial charge in [0.1, 0.15) is 0 Å². The smallest absolute Gasteiger partial charge is 0.0223 e. The highest BCUT2D eigenvalue weighted by atomic mass is 15.3. The largest absolute Gasteiger partial charge is 0.313 e. The average molecular weight is 251 g/mol. The number of hydrogen-bond donors (Lipinski definition) is 1. The summed E-state index contributed by atoms with van der Waals surface area (Å²) in [6.45, 7) is 10.3. The molecule has 3 atom stereocenters. The van der Waals surface area contributed by atoms with Crippen LogP contribution in [0.3, 0.4) is 0 Å². The van der Waals surface area contributed by atoms with Crippen LogP contribution >= 0.6 is 0 Å². The van der Waals surface area contributed by atoms with E-state index in [1.807, 2.05) is 0 Å². The highest BCUT2D eigenvalue weighted by Crippen LogP contribution is 2.22. The maximum absolute atomic E-state index is 3.72. The third-order valence-electron chi connectivity index (χ3n) is 5.12. The fourth-order valence-corrected chi connectivity index (χ4v) is 4.12. The molecule has 3 heterocycles. The zero-order valence-corrected chi connectivity index (χ0v) is 11.9. The normalized spacial score (nSPS) is 39.5. The second-order valence-electron chi connectivity index (χ2n) is 6.73. The molecule has 0 amide bonds. The molecule has 18 heavy (non-hydrogen) atoms. The summed E-state index contributed by atoms with van der Waals surface area (Å²) in [4.78, 5) is 5.47. The van der Waals surface area contributed by atoms with E-state index in [0.29, 0.717) is 0 Å². The molecule has 3 fully saturated rings. The van der Waals surface area contributed by atoms with E-state index >= 15 is 0 Å². The van der Waals surface area contributed by atoms with E-state index in [-0.39, 0.29) is 0 Å². The zero-order chi connectivity index (χ0) is 12.4. The fourth-order valence-electron chi connectivity index (χ4n) is 4.12. The van der Waals surface area contributed by atoms with Crippen LogP contribution in [0.25, 0.3) is 0 Å². The van der Waals surface area contributed by atoms with Crippen molar-refractivity contribution < 1.29 is 0 Å². The minimum atomic E-state index is 0.752. The van der Waals surface area contributed by atoms with Gasteiger partial charge >= 0.3 is 0 Å². The zero-order valence-electron chi connectivity index (χ0n) is 11.9. The second-order valence-corrected chi connectivity index (χ2v) is 6.73. The third kappa shape index (κ3) is 3.06. The predicted molar refractivity (Wildman–Crippen MR) is 75.8 cm³/mol. The SMILES string of the molecule is CC1CCNC(CN2CCCN3CCCC3C2)C1. The van der Waals surface area contributed by atoms with Gasteiger partial charge in [-0.25, -0.2) is 0 Å². The Hall–Kier alpha value is -0.120. The van der Waals surface area contributed by atoms with Crippen LogP contribution in [0.2, 0.25) is 0 Å². The van der Waals surface area contributed by atoms with Crippen LogP contribution in [0.4, 0.5) is 0 Å². The minimum Gasteiger partial charge on any atom is -0.313 e. The van der Waals surface area contributed by atoms with Gasteiger partial charge in [0.25, 0.3) is 0 Å². The lowest BCUT2D eigenvalue weighted by Gasteiger charge is -2.33. The van der Waals surface area contributed by atoms with Gasteiger partial charge in [0.15, 0.2) is 0 Å². The molecule has 1 N–H and O–H groups in total. The summed E-state index contributed by atoms with van der Waals surface area (Å²) in [5.74, 6) is 0.922.